The van der Waals surface area contributed by atoms with Gasteiger partial charge in [0.15, 0.2) is 0 Å². The predicted molar refractivity (Wildman–Crippen MR) is 66.1 cm³/mol. The topological polar surface area (TPSA) is 35.5 Å². The Morgan fingerprint density at radius 2 is 2.06 bits per heavy atom. The van der Waals surface area contributed by atoms with E-state index in [9.17, 15) is 9.50 Å². The van der Waals surface area contributed by atoms with Crippen molar-refractivity contribution < 1.29 is 9.50 Å². The minimum absolute atomic E-state index is 0.199. The molecule has 0 saturated carbocycles. The Hall–Kier alpha value is -0.840. The molecule has 0 atom stereocenters. The minimum Gasteiger partial charge on any atom is -0.506 e. The third-order valence-electron chi connectivity index (χ3n) is 3.02. The first kappa shape index (κ1) is 12.6. The van der Waals surface area contributed by atoms with Gasteiger partial charge >= 0.3 is 0 Å². The molecule has 0 bridgehead atoms. The van der Waals surface area contributed by atoms with Crippen molar-refractivity contribution in [1.82, 2.24) is 10.2 Å². The summed E-state index contributed by atoms with van der Waals surface area (Å²) in [5, 5.41) is 12.7. The van der Waals surface area contributed by atoms with E-state index in [1.807, 2.05) is 0 Å². The Kier molecular flexibility index (Phi) is 4.20. The number of piperazine rings is 1. The number of aromatic hydroxyl groups is 1. The van der Waals surface area contributed by atoms with Crippen LogP contribution < -0.4 is 5.32 Å². The van der Waals surface area contributed by atoms with E-state index in [1.165, 1.54) is 6.07 Å². The van der Waals surface area contributed by atoms with Gasteiger partial charge in [0.2, 0.25) is 0 Å². The van der Waals surface area contributed by atoms with Gasteiger partial charge in [-0.2, -0.15) is 0 Å². The number of phenolic OH excluding ortho intramolecular Hbond substituents is 1. The van der Waals surface area contributed by atoms with Crippen molar-refractivity contribution in [1.29, 1.82) is 0 Å². The maximum Gasteiger partial charge on any atom is 0.137 e. The fraction of sp³-hybridized carbons (Fsp3) is 0.500. The van der Waals surface area contributed by atoms with E-state index in [4.69, 9.17) is 11.6 Å². The minimum atomic E-state index is -0.387. The molecule has 2 N–H and O–H groups in total. The lowest BCUT2D eigenvalue weighted by molar-refractivity contribution is 0.243. The smallest absolute Gasteiger partial charge is 0.137 e. The Morgan fingerprint density at radius 1 is 1.35 bits per heavy atom. The highest BCUT2D eigenvalue weighted by Gasteiger charge is 2.12. The molecule has 1 aromatic carbocycles. The molecule has 0 aromatic heterocycles. The van der Waals surface area contributed by atoms with Gasteiger partial charge in [0, 0.05) is 38.8 Å². The lowest BCUT2D eigenvalue weighted by Gasteiger charge is -2.27. The van der Waals surface area contributed by atoms with Gasteiger partial charge in [-0.3, -0.25) is 0 Å². The molecule has 0 aliphatic carbocycles. The summed E-state index contributed by atoms with van der Waals surface area (Å²) < 4.78 is 13.5. The average Bonchev–Trinajstić information content (AvgIpc) is 2.33. The number of hydrogen-bond acceptors (Lipinski definition) is 3. The van der Waals surface area contributed by atoms with Gasteiger partial charge in [0.05, 0.1) is 5.02 Å². The summed E-state index contributed by atoms with van der Waals surface area (Å²) in [5.41, 5.74) is 0.561. The van der Waals surface area contributed by atoms with E-state index in [0.717, 1.165) is 38.8 Å². The first-order valence-electron chi connectivity index (χ1n) is 5.77. The molecule has 1 aliphatic heterocycles. The number of benzene rings is 1. The second-order valence-electron chi connectivity index (χ2n) is 4.24. The van der Waals surface area contributed by atoms with Crippen molar-refractivity contribution in [2.45, 2.75) is 6.42 Å². The second-order valence-corrected chi connectivity index (χ2v) is 4.64. The van der Waals surface area contributed by atoms with Crippen LogP contribution in [0.3, 0.4) is 0 Å². The SMILES string of the molecule is Oc1cc(F)c(CCN2CCNCC2)cc1Cl. The quantitative estimate of drug-likeness (QED) is 0.865. The molecule has 1 heterocycles. The number of halogens is 2. The molecule has 17 heavy (non-hydrogen) atoms. The van der Waals surface area contributed by atoms with Gasteiger partial charge in [0.25, 0.3) is 0 Å². The zero-order valence-electron chi connectivity index (χ0n) is 9.55. The summed E-state index contributed by atoms with van der Waals surface area (Å²) in [6.07, 6.45) is 0.617. The molecule has 1 aliphatic rings. The van der Waals surface area contributed by atoms with E-state index < -0.39 is 0 Å². The molecule has 2 rings (SSSR count). The fourth-order valence-corrected chi connectivity index (χ4v) is 2.17. The fourth-order valence-electron chi connectivity index (χ4n) is 1.98. The van der Waals surface area contributed by atoms with E-state index in [0.29, 0.717) is 12.0 Å². The summed E-state index contributed by atoms with van der Waals surface area (Å²) in [5.74, 6) is -0.586. The normalized spacial score (nSPS) is 17.3. The number of phenols is 1. The molecule has 0 spiro atoms. The highest BCUT2D eigenvalue weighted by Crippen LogP contribution is 2.26. The zero-order chi connectivity index (χ0) is 12.3. The van der Waals surface area contributed by atoms with Crippen LogP contribution in [0, 0.1) is 5.82 Å². The Bertz CT molecular complexity index is 394. The van der Waals surface area contributed by atoms with Gasteiger partial charge in [-0.1, -0.05) is 11.6 Å². The molecule has 0 unspecified atom stereocenters. The molecule has 1 fully saturated rings. The largest absolute Gasteiger partial charge is 0.506 e. The van der Waals surface area contributed by atoms with Crippen LogP contribution in [0.1, 0.15) is 5.56 Å². The van der Waals surface area contributed by atoms with Crippen molar-refractivity contribution >= 4 is 11.6 Å². The predicted octanol–water partition coefficient (Wildman–Crippen LogP) is 1.63. The van der Waals surface area contributed by atoms with Crippen molar-refractivity contribution in [2.75, 3.05) is 32.7 Å². The van der Waals surface area contributed by atoms with Crippen LogP contribution in [0.5, 0.6) is 5.75 Å². The standard InChI is InChI=1S/C12H16ClFN2O/c13-10-7-9(11(14)8-12(10)17)1-4-16-5-2-15-3-6-16/h7-8,15,17H,1-6H2. The van der Waals surface area contributed by atoms with Gasteiger partial charge in [-0.05, 0) is 18.1 Å². The molecular weight excluding hydrogens is 243 g/mol. The summed E-state index contributed by atoms with van der Waals surface area (Å²) in [4.78, 5) is 2.29. The Morgan fingerprint density at radius 3 is 2.76 bits per heavy atom. The van der Waals surface area contributed by atoms with Crippen LogP contribution >= 0.6 is 11.6 Å². The van der Waals surface area contributed by atoms with Gasteiger partial charge in [-0.15, -0.1) is 0 Å². The van der Waals surface area contributed by atoms with Crippen LogP contribution in [0.2, 0.25) is 5.02 Å². The first-order chi connectivity index (χ1) is 8.16. The maximum atomic E-state index is 13.5. The summed E-state index contributed by atoms with van der Waals surface area (Å²) >= 11 is 5.77. The van der Waals surface area contributed by atoms with Crippen LogP contribution in [0.15, 0.2) is 12.1 Å². The molecule has 94 valence electrons. The van der Waals surface area contributed by atoms with Crippen LogP contribution in [0.4, 0.5) is 4.39 Å². The van der Waals surface area contributed by atoms with Crippen LogP contribution in [-0.2, 0) is 6.42 Å². The molecule has 3 nitrogen and oxygen atoms in total. The lowest BCUT2D eigenvalue weighted by Crippen LogP contribution is -2.44. The molecule has 5 heteroatoms. The van der Waals surface area contributed by atoms with Crippen molar-refractivity contribution in [3.05, 3.63) is 28.5 Å². The number of hydrogen-bond donors (Lipinski definition) is 2. The third kappa shape index (κ3) is 3.31. The number of rotatable bonds is 3. The monoisotopic (exact) mass is 258 g/mol. The number of nitrogens with zero attached hydrogens (tertiary/aromatic N) is 1. The Labute approximate surface area is 105 Å². The van der Waals surface area contributed by atoms with Gasteiger partial charge in [0.1, 0.15) is 11.6 Å². The zero-order valence-corrected chi connectivity index (χ0v) is 10.3. The van der Waals surface area contributed by atoms with E-state index >= 15 is 0 Å². The first-order valence-corrected chi connectivity index (χ1v) is 6.14. The molecule has 1 aromatic rings. The highest BCUT2D eigenvalue weighted by atomic mass is 35.5. The molecular formula is C12H16ClFN2O. The van der Waals surface area contributed by atoms with Crippen molar-refractivity contribution in [3.8, 4) is 5.75 Å². The lowest BCUT2D eigenvalue weighted by atomic mass is 10.1. The van der Waals surface area contributed by atoms with Gasteiger partial charge < -0.3 is 15.3 Å². The highest BCUT2D eigenvalue weighted by molar-refractivity contribution is 6.32. The third-order valence-corrected chi connectivity index (χ3v) is 3.33. The summed E-state index contributed by atoms with van der Waals surface area (Å²) in [6, 6.07) is 2.59. The van der Waals surface area contributed by atoms with Crippen molar-refractivity contribution in [3.63, 3.8) is 0 Å². The number of nitrogens with one attached hydrogen (secondary N) is 1. The molecule has 1 saturated heterocycles. The summed E-state index contributed by atoms with van der Waals surface area (Å²) in [7, 11) is 0. The van der Waals surface area contributed by atoms with Crippen LogP contribution in [-0.4, -0.2) is 42.7 Å². The van der Waals surface area contributed by atoms with E-state index in [2.05, 4.69) is 10.2 Å². The van der Waals surface area contributed by atoms with Gasteiger partial charge in [-0.25, -0.2) is 4.39 Å². The van der Waals surface area contributed by atoms with Crippen molar-refractivity contribution in [2.24, 2.45) is 0 Å². The molecule has 0 amide bonds. The maximum absolute atomic E-state index is 13.5. The van der Waals surface area contributed by atoms with E-state index in [-0.39, 0.29) is 16.6 Å². The second kappa shape index (κ2) is 5.67. The van der Waals surface area contributed by atoms with E-state index in [1.54, 1.807) is 0 Å². The Balaban J connectivity index is 1.96. The van der Waals surface area contributed by atoms with Crippen LogP contribution in [0.25, 0.3) is 0 Å². The average molecular weight is 259 g/mol. The molecule has 0 radical (unpaired) electrons. The summed E-state index contributed by atoms with van der Waals surface area (Å²) in [6.45, 7) is 4.78.